The van der Waals surface area contributed by atoms with E-state index in [1.807, 2.05) is 19.3 Å². The van der Waals surface area contributed by atoms with Gasteiger partial charge in [0.2, 0.25) is 0 Å². The highest BCUT2D eigenvalue weighted by Gasteiger charge is 2.14. The smallest absolute Gasteiger partial charge is 0.105 e. The van der Waals surface area contributed by atoms with Crippen molar-refractivity contribution in [2.45, 2.75) is 13.5 Å². The lowest BCUT2D eigenvalue weighted by Gasteiger charge is -2.31. The van der Waals surface area contributed by atoms with Crippen LogP contribution in [0.5, 0.6) is 0 Å². The Morgan fingerprint density at radius 2 is 2.00 bits per heavy atom. The van der Waals surface area contributed by atoms with E-state index >= 15 is 0 Å². The number of hydrogen-bond donors (Lipinski definition) is 1. The van der Waals surface area contributed by atoms with Gasteiger partial charge in [0.15, 0.2) is 0 Å². The van der Waals surface area contributed by atoms with Crippen molar-refractivity contribution in [3.63, 3.8) is 0 Å². The molecule has 0 saturated carbocycles. The Kier molecular flexibility index (Phi) is 3.51. The molecule has 1 aliphatic heterocycles. The fourth-order valence-corrected chi connectivity index (χ4v) is 2.61. The van der Waals surface area contributed by atoms with Crippen LogP contribution in [0.25, 0.3) is 0 Å². The third-order valence-electron chi connectivity index (χ3n) is 3.71. The van der Waals surface area contributed by atoms with Crippen LogP contribution >= 0.6 is 0 Å². The highest BCUT2D eigenvalue weighted by atomic mass is 15.2. The molecule has 0 radical (unpaired) electrons. The van der Waals surface area contributed by atoms with Gasteiger partial charge in [-0.3, -0.25) is 0 Å². The maximum atomic E-state index is 4.29. The number of nitrogens with zero attached hydrogens (tertiary/aromatic N) is 3. The van der Waals surface area contributed by atoms with Crippen molar-refractivity contribution in [1.29, 1.82) is 0 Å². The largest absolute Gasteiger partial charge is 0.369 e. The van der Waals surface area contributed by atoms with E-state index in [1.54, 1.807) is 0 Å². The summed E-state index contributed by atoms with van der Waals surface area (Å²) in [5.74, 6) is 1.06. The van der Waals surface area contributed by atoms with Gasteiger partial charge in [-0.2, -0.15) is 0 Å². The Labute approximate surface area is 114 Å². The zero-order valence-corrected chi connectivity index (χ0v) is 11.3. The van der Waals surface area contributed by atoms with Crippen LogP contribution in [0.4, 0.5) is 5.69 Å². The van der Waals surface area contributed by atoms with Crippen LogP contribution in [-0.2, 0) is 6.54 Å². The molecule has 1 fully saturated rings. The SMILES string of the molecule is Cc1nccn1Cc1ccccc1N1CCNCC1. The van der Waals surface area contributed by atoms with Crippen LogP contribution in [0.2, 0.25) is 0 Å². The summed E-state index contributed by atoms with van der Waals surface area (Å²) < 4.78 is 2.20. The molecule has 0 atom stereocenters. The molecule has 1 saturated heterocycles. The molecule has 19 heavy (non-hydrogen) atoms. The first-order valence-electron chi connectivity index (χ1n) is 6.86. The van der Waals surface area contributed by atoms with Gasteiger partial charge in [0.25, 0.3) is 0 Å². The number of rotatable bonds is 3. The first-order valence-corrected chi connectivity index (χ1v) is 6.86. The summed E-state index contributed by atoms with van der Waals surface area (Å²) in [5.41, 5.74) is 2.72. The minimum absolute atomic E-state index is 0.895. The third-order valence-corrected chi connectivity index (χ3v) is 3.71. The first-order chi connectivity index (χ1) is 9.34. The van der Waals surface area contributed by atoms with Gasteiger partial charge in [-0.1, -0.05) is 18.2 Å². The summed E-state index contributed by atoms with van der Waals surface area (Å²) >= 11 is 0. The van der Waals surface area contributed by atoms with Crippen molar-refractivity contribution in [1.82, 2.24) is 14.9 Å². The van der Waals surface area contributed by atoms with Crippen molar-refractivity contribution in [3.8, 4) is 0 Å². The summed E-state index contributed by atoms with van der Waals surface area (Å²) in [6, 6.07) is 8.69. The number of aromatic nitrogens is 2. The average molecular weight is 256 g/mol. The molecule has 4 heteroatoms. The molecule has 100 valence electrons. The van der Waals surface area contributed by atoms with Crippen LogP contribution in [-0.4, -0.2) is 35.7 Å². The Hall–Kier alpha value is -1.81. The van der Waals surface area contributed by atoms with Gasteiger partial charge in [-0.25, -0.2) is 4.98 Å². The molecule has 0 amide bonds. The second-order valence-electron chi connectivity index (χ2n) is 4.97. The molecule has 1 aromatic heterocycles. The molecule has 0 aliphatic carbocycles. The molecule has 1 aromatic carbocycles. The van der Waals surface area contributed by atoms with E-state index < -0.39 is 0 Å². The van der Waals surface area contributed by atoms with E-state index in [9.17, 15) is 0 Å². The number of benzene rings is 1. The van der Waals surface area contributed by atoms with Gasteiger partial charge in [0, 0.05) is 44.3 Å². The standard InChI is InChI=1S/C15H20N4/c1-13-17-8-11-19(13)12-14-4-2-3-5-15(14)18-9-6-16-7-10-18/h2-5,8,11,16H,6-7,9-10,12H2,1H3. The normalized spacial score (nSPS) is 15.7. The van der Waals surface area contributed by atoms with Crippen LogP contribution < -0.4 is 10.2 Å². The molecule has 2 heterocycles. The van der Waals surface area contributed by atoms with Gasteiger partial charge in [-0.05, 0) is 18.6 Å². The molecular weight excluding hydrogens is 236 g/mol. The Bertz CT molecular complexity index is 541. The monoisotopic (exact) mass is 256 g/mol. The molecule has 4 nitrogen and oxygen atoms in total. The van der Waals surface area contributed by atoms with Gasteiger partial charge >= 0.3 is 0 Å². The second-order valence-corrected chi connectivity index (χ2v) is 4.97. The number of hydrogen-bond acceptors (Lipinski definition) is 3. The van der Waals surface area contributed by atoms with Gasteiger partial charge in [0.1, 0.15) is 5.82 Å². The van der Waals surface area contributed by atoms with E-state index in [-0.39, 0.29) is 0 Å². The highest BCUT2D eigenvalue weighted by Crippen LogP contribution is 2.22. The Morgan fingerprint density at radius 3 is 2.74 bits per heavy atom. The van der Waals surface area contributed by atoms with Crippen molar-refractivity contribution >= 4 is 5.69 Å². The van der Waals surface area contributed by atoms with Crippen LogP contribution in [0.3, 0.4) is 0 Å². The minimum Gasteiger partial charge on any atom is -0.369 e. The first kappa shape index (κ1) is 12.2. The fraction of sp³-hybridized carbons (Fsp3) is 0.400. The number of piperazine rings is 1. The topological polar surface area (TPSA) is 33.1 Å². The number of imidazole rings is 1. The van der Waals surface area contributed by atoms with Crippen molar-refractivity contribution in [3.05, 3.63) is 48.0 Å². The van der Waals surface area contributed by atoms with E-state index in [4.69, 9.17) is 0 Å². The van der Waals surface area contributed by atoms with E-state index in [2.05, 4.69) is 44.0 Å². The number of para-hydroxylation sites is 1. The summed E-state index contributed by atoms with van der Waals surface area (Å²) in [6.45, 7) is 7.25. The van der Waals surface area contributed by atoms with Crippen molar-refractivity contribution in [2.75, 3.05) is 31.1 Å². The Balaban J connectivity index is 1.86. The zero-order chi connectivity index (χ0) is 13.1. The maximum absolute atomic E-state index is 4.29. The predicted molar refractivity (Wildman–Crippen MR) is 77.6 cm³/mol. The zero-order valence-electron chi connectivity index (χ0n) is 11.3. The highest BCUT2D eigenvalue weighted by molar-refractivity contribution is 5.54. The van der Waals surface area contributed by atoms with Gasteiger partial charge in [0.05, 0.1) is 6.54 Å². The van der Waals surface area contributed by atoms with Crippen LogP contribution in [0, 0.1) is 6.92 Å². The summed E-state index contributed by atoms with van der Waals surface area (Å²) in [7, 11) is 0. The lowest BCUT2D eigenvalue weighted by atomic mass is 10.1. The van der Waals surface area contributed by atoms with Gasteiger partial charge < -0.3 is 14.8 Å². The predicted octanol–water partition coefficient (Wildman–Crippen LogP) is 1.65. The quantitative estimate of drug-likeness (QED) is 0.906. The minimum atomic E-state index is 0.895. The molecule has 1 aliphatic rings. The number of aryl methyl sites for hydroxylation is 1. The fourth-order valence-electron chi connectivity index (χ4n) is 2.61. The molecular formula is C15H20N4. The lowest BCUT2D eigenvalue weighted by molar-refractivity contribution is 0.586. The molecule has 1 N–H and O–H groups in total. The van der Waals surface area contributed by atoms with Crippen LogP contribution in [0.1, 0.15) is 11.4 Å². The van der Waals surface area contributed by atoms with E-state index in [0.29, 0.717) is 0 Å². The lowest BCUT2D eigenvalue weighted by Crippen LogP contribution is -2.43. The third kappa shape index (κ3) is 2.63. The maximum Gasteiger partial charge on any atom is 0.105 e. The molecule has 0 bridgehead atoms. The number of anilines is 1. The van der Waals surface area contributed by atoms with E-state index in [1.165, 1.54) is 11.3 Å². The molecule has 3 rings (SSSR count). The summed E-state index contributed by atoms with van der Waals surface area (Å²) in [4.78, 5) is 6.76. The summed E-state index contributed by atoms with van der Waals surface area (Å²) in [6.07, 6.45) is 3.91. The average Bonchev–Trinajstić information content (AvgIpc) is 2.86. The van der Waals surface area contributed by atoms with Crippen molar-refractivity contribution < 1.29 is 0 Å². The number of nitrogens with one attached hydrogen (secondary N) is 1. The second kappa shape index (κ2) is 5.45. The van der Waals surface area contributed by atoms with Crippen LogP contribution in [0.15, 0.2) is 36.7 Å². The van der Waals surface area contributed by atoms with Gasteiger partial charge in [-0.15, -0.1) is 0 Å². The van der Waals surface area contributed by atoms with Crippen molar-refractivity contribution in [2.24, 2.45) is 0 Å². The Morgan fingerprint density at radius 1 is 1.21 bits per heavy atom. The van der Waals surface area contributed by atoms with E-state index in [0.717, 1.165) is 38.5 Å². The molecule has 0 spiro atoms. The summed E-state index contributed by atoms with van der Waals surface area (Å²) in [5, 5.41) is 3.40. The molecule has 2 aromatic rings. The molecule has 0 unspecified atom stereocenters.